The highest BCUT2D eigenvalue weighted by molar-refractivity contribution is 7.98. The van der Waals surface area contributed by atoms with Crippen molar-refractivity contribution in [1.82, 2.24) is 14.3 Å². The number of aromatic nitrogens is 3. The number of esters is 1. The summed E-state index contributed by atoms with van der Waals surface area (Å²) in [7, 11) is 1.05. The first-order valence-electron chi connectivity index (χ1n) is 10.2. The number of pyridine rings is 1. The van der Waals surface area contributed by atoms with Crippen LogP contribution in [-0.4, -0.2) is 39.1 Å². The van der Waals surface area contributed by atoms with Crippen LogP contribution in [0.3, 0.4) is 0 Å². The van der Waals surface area contributed by atoms with Gasteiger partial charge in [0, 0.05) is 16.0 Å². The highest BCUT2D eigenvalue weighted by Gasteiger charge is 2.28. The Labute approximate surface area is 214 Å². The van der Waals surface area contributed by atoms with Gasteiger partial charge in [0.05, 0.1) is 29.2 Å². The largest absolute Gasteiger partial charge is 0.463 e. The molecule has 0 aliphatic rings. The van der Waals surface area contributed by atoms with Crippen molar-refractivity contribution in [2.24, 2.45) is 5.41 Å². The van der Waals surface area contributed by atoms with E-state index in [1.807, 2.05) is 12.1 Å². The summed E-state index contributed by atoms with van der Waals surface area (Å²) in [6.07, 6.45) is 0. The fourth-order valence-corrected chi connectivity index (χ4v) is 5.11. The maximum atomic E-state index is 13.2. The Morgan fingerprint density at radius 2 is 1.94 bits per heavy atom. The van der Waals surface area contributed by atoms with E-state index in [0.717, 1.165) is 16.6 Å². The van der Waals surface area contributed by atoms with Gasteiger partial charge in [-0.05, 0) is 30.3 Å². The van der Waals surface area contributed by atoms with Crippen LogP contribution in [0.1, 0.15) is 36.1 Å². The van der Waals surface area contributed by atoms with Crippen molar-refractivity contribution < 1.29 is 19.1 Å². The third-order valence-corrected chi connectivity index (χ3v) is 7.24. The maximum absolute atomic E-state index is 13.2. The fraction of sp³-hybridized carbons (Fsp3) is 0.304. The summed E-state index contributed by atoms with van der Waals surface area (Å²) in [6.45, 7) is 4.62. The lowest BCUT2D eigenvalue weighted by Crippen LogP contribution is -2.31. The summed E-state index contributed by atoms with van der Waals surface area (Å²) in [5, 5.41) is 14.3. The van der Waals surface area contributed by atoms with E-state index in [1.165, 1.54) is 39.9 Å². The maximum Gasteiger partial charge on any atom is 0.376 e. The minimum atomic E-state index is -1.13. The second-order valence-electron chi connectivity index (χ2n) is 8.38. The Balaban J connectivity index is 2.07. The van der Waals surface area contributed by atoms with E-state index in [2.05, 4.69) is 9.84 Å². The van der Waals surface area contributed by atoms with Crippen LogP contribution in [0.5, 0.6) is 0 Å². The lowest BCUT2D eigenvalue weighted by Gasteiger charge is -2.17. The van der Waals surface area contributed by atoms with Crippen molar-refractivity contribution in [3.05, 3.63) is 55.6 Å². The van der Waals surface area contributed by atoms with Crippen LogP contribution in [0.25, 0.3) is 11.3 Å². The van der Waals surface area contributed by atoms with Crippen LogP contribution >= 0.6 is 34.7 Å². The number of carbonyl (C=O) groups is 3. The van der Waals surface area contributed by atoms with Gasteiger partial charge >= 0.3 is 5.97 Å². The molecule has 12 heteroatoms. The highest BCUT2D eigenvalue weighted by Crippen LogP contribution is 2.32. The third-order valence-electron chi connectivity index (χ3n) is 4.78. The molecule has 0 atom stereocenters. The minimum absolute atomic E-state index is 0.0724. The third kappa shape index (κ3) is 5.90. The summed E-state index contributed by atoms with van der Waals surface area (Å²) in [5.41, 5.74) is -1.28. The normalized spacial score (nSPS) is 11.2. The first-order chi connectivity index (χ1) is 16.5. The summed E-state index contributed by atoms with van der Waals surface area (Å²) in [6, 6.07) is 9.89. The second kappa shape index (κ2) is 10.6. The van der Waals surface area contributed by atoms with E-state index in [0.29, 0.717) is 15.1 Å². The fourth-order valence-electron chi connectivity index (χ4n) is 2.99. The molecular weight excluding hydrogens is 512 g/mol. The molecule has 182 valence electrons. The van der Waals surface area contributed by atoms with Crippen LogP contribution in [0, 0.1) is 16.7 Å². The first kappa shape index (κ1) is 26.4. The van der Waals surface area contributed by atoms with E-state index in [-0.39, 0.29) is 22.9 Å². The van der Waals surface area contributed by atoms with Crippen molar-refractivity contribution in [2.75, 3.05) is 7.11 Å². The van der Waals surface area contributed by atoms with Crippen LogP contribution < -0.4 is 5.56 Å². The molecule has 0 N–H and O–H groups in total. The Hall–Kier alpha value is -3.20. The minimum Gasteiger partial charge on any atom is -0.463 e. The summed E-state index contributed by atoms with van der Waals surface area (Å²) in [4.78, 5) is 50.9. The number of nitrogens with zero attached hydrogens (tertiary/aromatic N) is 4. The number of ether oxygens (including phenoxy) is 1. The molecule has 0 saturated carbocycles. The van der Waals surface area contributed by atoms with Gasteiger partial charge in [0.1, 0.15) is 16.8 Å². The number of Topliss-reactive ketones (excluding diaryl/α,β-unsaturated/α-hetero) is 1. The van der Waals surface area contributed by atoms with E-state index < -0.39 is 29.3 Å². The van der Waals surface area contributed by atoms with Gasteiger partial charge in [-0.3, -0.25) is 19.0 Å². The van der Waals surface area contributed by atoms with E-state index in [1.54, 1.807) is 32.9 Å². The van der Waals surface area contributed by atoms with Crippen LogP contribution in [0.2, 0.25) is 4.34 Å². The van der Waals surface area contributed by atoms with Crippen molar-refractivity contribution in [3.63, 3.8) is 0 Å². The monoisotopic (exact) mass is 532 g/mol. The zero-order chi connectivity index (χ0) is 25.9. The topological polar surface area (TPSA) is 124 Å². The smallest absolute Gasteiger partial charge is 0.376 e. The number of hydrogen-bond acceptors (Lipinski definition) is 9. The van der Waals surface area contributed by atoms with Crippen molar-refractivity contribution in [1.29, 1.82) is 5.26 Å². The first-order valence-corrected chi connectivity index (χ1v) is 12.4. The number of rotatable bonds is 7. The molecule has 9 nitrogen and oxygen atoms in total. The number of carbonyl (C=O) groups excluding carboxylic acids is 3. The van der Waals surface area contributed by atoms with Gasteiger partial charge in [-0.2, -0.15) is 15.0 Å². The number of thiophene rings is 1. The molecule has 0 amide bonds. The molecule has 3 aromatic heterocycles. The average Bonchev–Trinajstić information content (AvgIpc) is 3.42. The number of nitriles is 1. The lowest BCUT2D eigenvalue weighted by atomic mass is 9.96. The summed E-state index contributed by atoms with van der Waals surface area (Å²) < 4.78 is 7.21. The Bertz CT molecular complexity index is 1410. The molecule has 35 heavy (non-hydrogen) atoms. The Morgan fingerprint density at radius 1 is 1.23 bits per heavy atom. The molecule has 0 unspecified atom stereocenters. The zero-order valence-corrected chi connectivity index (χ0v) is 21.7. The number of thioether (sulfide) groups is 1. The predicted molar refractivity (Wildman–Crippen MR) is 133 cm³/mol. The molecule has 3 aromatic rings. The number of halogens is 1. The second-order valence-corrected chi connectivity index (χ2v) is 11.2. The highest BCUT2D eigenvalue weighted by atomic mass is 35.5. The van der Waals surface area contributed by atoms with Crippen molar-refractivity contribution in [3.8, 4) is 17.3 Å². The van der Waals surface area contributed by atoms with Gasteiger partial charge in [-0.25, -0.2) is 4.79 Å². The number of methoxy groups -OCH3 is 1. The lowest BCUT2D eigenvalue weighted by molar-refractivity contribution is -0.151. The van der Waals surface area contributed by atoms with Gasteiger partial charge in [0.15, 0.2) is 0 Å². The van der Waals surface area contributed by atoms with Gasteiger partial charge in [-0.15, -0.1) is 23.1 Å². The molecule has 0 fully saturated rings. The van der Waals surface area contributed by atoms with Gasteiger partial charge in [0.25, 0.3) is 17.2 Å². The standard InChI is InChI=1S/C23H21ClN4O5S2/c1-23(2,3)22(32)28-19(34-12-14-6-8-18(24)35-14)9-16(26-28)15-7-5-13(10-25)27(20(15)30)11-17(29)21(31)33-4/h5-9H,11-12H2,1-4H3. The molecule has 0 saturated heterocycles. The van der Waals surface area contributed by atoms with E-state index >= 15 is 0 Å². The average molecular weight is 533 g/mol. The summed E-state index contributed by atoms with van der Waals surface area (Å²) in [5.74, 6) is -1.85. The van der Waals surface area contributed by atoms with Crippen LogP contribution in [0.4, 0.5) is 0 Å². The molecule has 0 radical (unpaired) electrons. The molecule has 3 rings (SSSR count). The predicted octanol–water partition coefficient (Wildman–Crippen LogP) is 4.02. The molecule has 3 heterocycles. The number of ketones is 1. The van der Waals surface area contributed by atoms with Gasteiger partial charge in [0.2, 0.25) is 0 Å². The molecule has 0 aromatic carbocycles. The van der Waals surface area contributed by atoms with Crippen LogP contribution in [0.15, 0.2) is 40.2 Å². The molecule has 0 aliphatic carbocycles. The van der Waals surface area contributed by atoms with Crippen LogP contribution in [-0.2, 0) is 26.6 Å². The van der Waals surface area contributed by atoms with Gasteiger partial charge < -0.3 is 4.74 Å². The van der Waals surface area contributed by atoms with Crippen molar-refractivity contribution in [2.45, 2.75) is 38.1 Å². The molecule has 0 bridgehead atoms. The van der Waals surface area contributed by atoms with Gasteiger partial charge in [-0.1, -0.05) is 32.4 Å². The van der Waals surface area contributed by atoms with E-state index in [9.17, 15) is 24.4 Å². The molecule has 0 spiro atoms. The molecule has 0 aliphatic heterocycles. The summed E-state index contributed by atoms with van der Waals surface area (Å²) >= 11 is 8.80. The number of hydrogen-bond donors (Lipinski definition) is 0. The SMILES string of the molecule is COC(=O)C(=O)Cn1c(C#N)ccc(-c2cc(SCc3ccc(Cl)s3)n(C(=O)C(C)(C)C)n2)c1=O. The van der Waals surface area contributed by atoms with E-state index in [4.69, 9.17) is 11.6 Å². The Morgan fingerprint density at radius 3 is 2.51 bits per heavy atom. The quantitative estimate of drug-likeness (QED) is 0.254. The Kier molecular flexibility index (Phi) is 8.00. The molecular formula is C23H21ClN4O5S2. The van der Waals surface area contributed by atoms with Crippen molar-refractivity contribution >= 4 is 52.4 Å². The zero-order valence-electron chi connectivity index (χ0n) is 19.3.